The second kappa shape index (κ2) is 8.55. The predicted octanol–water partition coefficient (Wildman–Crippen LogP) is 2.80. The first kappa shape index (κ1) is 22.1. The number of benzene rings is 2. The molecule has 0 bridgehead atoms. The fraction of sp³-hybridized carbons (Fsp3) is 0.0833. The number of nitriles is 1. The number of nitrogens with one attached hydrogen (secondary N) is 2. The maximum atomic E-state index is 12.9. The lowest BCUT2D eigenvalue weighted by Gasteiger charge is -2.24. The van der Waals surface area contributed by atoms with Crippen molar-refractivity contribution >= 4 is 11.6 Å². The molecule has 1 atom stereocenters. The molecule has 1 aliphatic rings. The molecule has 1 aliphatic heterocycles. The van der Waals surface area contributed by atoms with E-state index < -0.39 is 17.2 Å². The summed E-state index contributed by atoms with van der Waals surface area (Å²) in [6.45, 7) is 0. The molecule has 0 radical (unpaired) electrons. The van der Waals surface area contributed by atoms with Gasteiger partial charge in [0.15, 0.2) is 0 Å². The third kappa shape index (κ3) is 3.84. The van der Waals surface area contributed by atoms with Crippen LogP contribution in [-0.2, 0) is 0 Å². The fourth-order valence-corrected chi connectivity index (χ4v) is 4.21. The normalized spacial score (nSPS) is 14.7. The highest BCUT2D eigenvalue weighted by Gasteiger charge is 2.37. The Morgan fingerprint density at radius 3 is 2.66 bits per heavy atom. The smallest absolute Gasteiger partial charge is 0.328 e. The second-order valence-corrected chi connectivity index (χ2v) is 8.10. The number of halogens is 1. The zero-order valence-corrected chi connectivity index (χ0v) is 19.0. The van der Waals surface area contributed by atoms with E-state index in [0.29, 0.717) is 33.3 Å². The summed E-state index contributed by atoms with van der Waals surface area (Å²) < 4.78 is 12.3. The summed E-state index contributed by atoms with van der Waals surface area (Å²) >= 11 is 6.19. The van der Waals surface area contributed by atoms with Gasteiger partial charge in [0.25, 0.3) is 5.56 Å². The fourth-order valence-electron chi connectivity index (χ4n) is 4.02. The van der Waals surface area contributed by atoms with Crippen LogP contribution in [0.25, 0.3) is 16.9 Å². The number of fused-ring (bicyclic) bond motifs is 1. The standard InChI is InChI=1S/C24H17ClN6O4/c1-34-15-7-5-12(6-8-15)20-17(11-31(30-20)14-4-2-3-13(25)9-14)18-16(10-26)21(27)35-23-19(18)22(32)28-24(33)29-23/h2-9,11,18H,27H2,1H3,(H2,28,29,32,33). The maximum Gasteiger partial charge on any atom is 0.328 e. The second-order valence-electron chi connectivity index (χ2n) is 7.66. The Labute approximate surface area is 202 Å². The molecule has 0 saturated carbocycles. The van der Waals surface area contributed by atoms with E-state index in [9.17, 15) is 14.9 Å². The van der Waals surface area contributed by atoms with Crippen LogP contribution < -0.4 is 26.5 Å². The Bertz CT molecular complexity index is 1640. The zero-order valence-electron chi connectivity index (χ0n) is 18.2. The Balaban J connectivity index is 1.81. The summed E-state index contributed by atoms with van der Waals surface area (Å²) in [4.78, 5) is 29.4. The average molecular weight is 489 g/mol. The van der Waals surface area contributed by atoms with Crippen LogP contribution in [0.5, 0.6) is 11.6 Å². The number of ether oxygens (including phenoxy) is 2. The lowest BCUT2D eigenvalue weighted by Crippen LogP contribution is -2.33. The number of nitrogens with two attached hydrogens (primary N) is 1. The Morgan fingerprint density at radius 2 is 1.97 bits per heavy atom. The number of H-pyrrole nitrogens is 2. The molecule has 2 aromatic heterocycles. The van der Waals surface area contributed by atoms with Crippen molar-refractivity contribution < 1.29 is 9.47 Å². The highest BCUT2D eigenvalue weighted by Crippen LogP contribution is 2.42. The molecule has 3 heterocycles. The Morgan fingerprint density at radius 1 is 1.20 bits per heavy atom. The molecule has 0 aliphatic carbocycles. The molecule has 0 saturated heterocycles. The summed E-state index contributed by atoms with van der Waals surface area (Å²) in [5, 5.41) is 15.2. The van der Waals surface area contributed by atoms with Crippen molar-refractivity contribution in [2.75, 3.05) is 7.11 Å². The van der Waals surface area contributed by atoms with E-state index in [1.165, 1.54) is 0 Å². The molecule has 0 fully saturated rings. The highest BCUT2D eigenvalue weighted by atomic mass is 35.5. The van der Waals surface area contributed by atoms with E-state index in [1.54, 1.807) is 48.3 Å². The van der Waals surface area contributed by atoms with Crippen LogP contribution in [0.4, 0.5) is 0 Å². The number of allylic oxidation sites excluding steroid dienone is 1. The molecule has 11 heteroatoms. The van der Waals surface area contributed by atoms with Crippen molar-refractivity contribution in [2.45, 2.75) is 5.92 Å². The van der Waals surface area contributed by atoms with Crippen LogP contribution in [0.1, 0.15) is 17.0 Å². The van der Waals surface area contributed by atoms with Gasteiger partial charge in [-0.3, -0.25) is 14.8 Å². The maximum absolute atomic E-state index is 12.9. The van der Waals surface area contributed by atoms with Gasteiger partial charge in [-0.2, -0.15) is 10.4 Å². The molecule has 0 amide bonds. The van der Waals surface area contributed by atoms with Gasteiger partial charge in [0.2, 0.25) is 11.8 Å². The molecular weight excluding hydrogens is 472 g/mol. The molecule has 1 unspecified atom stereocenters. The van der Waals surface area contributed by atoms with Gasteiger partial charge in [0, 0.05) is 22.3 Å². The number of rotatable bonds is 4. The average Bonchev–Trinajstić information content (AvgIpc) is 3.28. The van der Waals surface area contributed by atoms with Crippen molar-refractivity contribution in [1.82, 2.24) is 19.7 Å². The lowest BCUT2D eigenvalue weighted by molar-refractivity contribution is 0.373. The van der Waals surface area contributed by atoms with E-state index in [4.69, 9.17) is 31.9 Å². The molecule has 10 nitrogen and oxygen atoms in total. The minimum atomic E-state index is -0.964. The predicted molar refractivity (Wildman–Crippen MR) is 128 cm³/mol. The molecule has 0 spiro atoms. The van der Waals surface area contributed by atoms with E-state index in [2.05, 4.69) is 9.97 Å². The third-order valence-electron chi connectivity index (χ3n) is 5.61. The van der Waals surface area contributed by atoms with Gasteiger partial charge < -0.3 is 15.2 Å². The number of nitrogens with zero attached hydrogens (tertiary/aromatic N) is 3. The molecule has 2 aromatic carbocycles. The van der Waals surface area contributed by atoms with Crippen LogP contribution in [0.2, 0.25) is 5.02 Å². The van der Waals surface area contributed by atoms with Crippen molar-refractivity contribution in [2.24, 2.45) is 5.73 Å². The van der Waals surface area contributed by atoms with Gasteiger partial charge in [-0.05, 0) is 42.5 Å². The Hall–Kier alpha value is -4.75. The van der Waals surface area contributed by atoms with Gasteiger partial charge in [0.05, 0.1) is 30.0 Å². The van der Waals surface area contributed by atoms with Gasteiger partial charge in [-0.15, -0.1) is 0 Å². The minimum Gasteiger partial charge on any atom is -0.497 e. The van der Waals surface area contributed by atoms with Gasteiger partial charge in [-0.1, -0.05) is 17.7 Å². The first-order valence-corrected chi connectivity index (χ1v) is 10.7. The molecule has 35 heavy (non-hydrogen) atoms. The summed E-state index contributed by atoms with van der Waals surface area (Å²) in [5.74, 6) is -0.662. The minimum absolute atomic E-state index is 0.00968. The molecule has 174 valence electrons. The highest BCUT2D eigenvalue weighted by molar-refractivity contribution is 6.30. The lowest BCUT2D eigenvalue weighted by atomic mass is 9.84. The van der Waals surface area contributed by atoms with Crippen LogP contribution in [0.3, 0.4) is 0 Å². The van der Waals surface area contributed by atoms with Crippen molar-refractivity contribution in [3.63, 3.8) is 0 Å². The number of aromatic amines is 2. The van der Waals surface area contributed by atoms with E-state index >= 15 is 0 Å². The summed E-state index contributed by atoms with van der Waals surface area (Å²) in [7, 11) is 1.56. The van der Waals surface area contributed by atoms with Crippen LogP contribution in [0.15, 0.2) is 75.8 Å². The SMILES string of the molecule is COc1ccc(-c2nn(-c3cccc(Cl)c3)cc2C2C(C#N)=C(N)Oc3[nH]c(=O)[nH]c(=O)c32)cc1. The third-order valence-corrected chi connectivity index (χ3v) is 5.84. The van der Waals surface area contributed by atoms with E-state index in [1.807, 2.05) is 24.3 Å². The van der Waals surface area contributed by atoms with E-state index in [0.717, 1.165) is 0 Å². The monoisotopic (exact) mass is 488 g/mol. The summed E-state index contributed by atoms with van der Waals surface area (Å²) in [6, 6.07) is 16.3. The quantitative estimate of drug-likeness (QED) is 0.399. The molecule has 4 N–H and O–H groups in total. The first-order valence-electron chi connectivity index (χ1n) is 10.3. The van der Waals surface area contributed by atoms with E-state index in [-0.39, 0.29) is 22.9 Å². The Kier molecular flexibility index (Phi) is 5.39. The molecular formula is C24H17ClN6O4. The summed E-state index contributed by atoms with van der Waals surface area (Å²) in [6.07, 6.45) is 1.69. The number of hydrogen-bond donors (Lipinski definition) is 3. The number of aromatic nitrogens is 4. The first-order chi connectivity index (χ1) is 16.9. The van der Waals surface area contributed by atoms with Crippen LogP contribution in [0, 0.1) is 11.3 Å². The van der Waals surface area contributed by atoms with Crippen molar-refractivity contribution in [1.29, 1.82) is 5.26 Å². The molecule has 5 rings (SSSR count). The summed E-state index contributed by atoms with van der Waals surface area (Å²) in [5.41, 5.74) is 6.97. The van der Waals surface area contributed by atoms with Crippen molar-refractivity contribution in [3.05, 3.63) is 103 Å². The van der Waals surface area contributed by atoms with Gasteiger partial charge >= 0.3 is 5.69 Å². The van der Waals surface area contributed by atoms with Crippen LogP contribution >= 0.6 is 11.6 Å². The topological polar surface area (TPSA) is 152 Å². The molecule has 4 aromatic rings. The zero-order chi connectivity index (χ0) is 24.7. The van der Waals surface area contributed by atoms with Crippen LogP contribution in [-0.4, -0.2) is 26.9 Å². The number of methoxy groups -OCH3 is 1. The largest absolute Gasteiger partial charge is 0.497 e. The van der Waals surface area contributed by atoms with Gasteiger partial charge in [-0.25, -0.2) is 9.48 Å². The van der Waals surface area contributed by atoms with Crippen molar-refractivity contribution in [3.8, 4) is 34.6 Å². The van der Waals surface area contributed by atoms with Gasteiger partial charge in [0.1, 0.15) is 17.4 Å². The number of hydrogen-bond acceptors (Lipinski definition) is 7.